The summed E-state index contributed by atoms with van der Waals surface area (Å²) in [5.74, 6) is -4.42. The molecule has 0 saturated carbocycles. The van der Waals surface area contributed by atoms with Gasteiger partial charge in [0.15, 0.2) is 5.69 Å². The average molecular weight is 980 g/mol. The second kappa shape index (κ2) is 27.5. The maximum absolute atomic E-state index is 14.5. The Balaban J connectivity index is 2.33. The fourth-order valence-corrected chi connectivity index (χ4v) is 9.57. The molecule has 2 rings (SSSR count). The number of hydrogen-bond donors (Lipinski definition) is 5. The number of likely N-dealkylation sites (N-methyl/N-ethyl adjacent to an activating group) is 7. The van der Waals surface area contributed by atoms with Gasteiger partial charge in [-0.05, 0) is 53.4 Å². The van der Waals surface area contributed by atoms with Crippen molar-refractivity contribution in [2.75, 3.05) is 107 Å². The summed E-state index contributed by atoms with van der Waals surface area (Å²) >= 11 is 1.30. The van der Waals surface area contributed by atoms with E-state index in [0.717, 1.165) is 4.90 Å². The van der Waals surface area contributed by atoms with Crippen LogP contribution in [0.15, 0.2) is 30.3 Å². The maximum atomic E-state index is 14.5. The molecular weight excluding hydrogens is 915 g/mol. The Morgan fingerprint density at radius 2 is 1.35 bits per heavy atom. The number of carbonyl (C=O) groups is 9. The lowest BCUT2D eigenvalue weighted by Gasteiger charge is -2.36. The van der Waals surface area contributed by atoms with Gasteiger partial charge in [-0.25, -0.2) is 4.98 Å². The number of aldehydes is 1. The number of benzene rings is 1. The number of fused-ring (bicyclic) bond motifs is 1. The third-order valence-electron chi connectivity index (χ3n) is 10.7. The van der Waals surface area contributed by atoms with Gasteiger partial charge in [0.05, 0.1) is 24.6 Å². The highest BCUT2D eigenvalue weighted by Crippen LogP contribution is 2.27. The molecule has 8 amide bonds. The van der Waals surface area contributed by atoms with Crippen LogP contribution in [-0.2, 0) is 38.4 Å². The third-order valence-corrected chi connectivity index (χ3v) is 13.7. The number of hydrogen-bond acceptors (Lipinski definition) is 16. The van der Waals surface area contributed by atoms with E-state index in [-0.39, 0.29) is 53.6 Å². The summed E-state index contributed by atoms with van der Waals surface area (Å²) in [7, 11) is 16.5. The van der Waals surface area contributed by atoms with Crippen LogP contribution in [-0.4, -0.2) is 236 Å². The van der Waals surface area contributed by atoms with Gasteiger partial charge in [-0.3, -0.25) is 43.3 Å². The molecule has 0 saturated heterocycles. The molecule has 0 aliphatic heterocycles. The smallest absolute Gasteiger partial charge is 0.274 e. The number of nitrogens with one attached hydrogen (secondary N) is 4. The van der Waals surface area contributed by atoms with Crippen LogP contribution in [0.3, 0.4) is 0 Å². The minimum Gasteiger partial charge on any atom is -0.505 e. The first-order chi connectivity index (χ1) is 31.0. The Bertz CT molecular complexity index is 2050. The fourth-order valence-electron chi connectivity index (χ4n) is 6.28. The monoisotopic (exact) mass is 979 g/mol. The van der Waals surface area contributed by atoms with Crippen molar-refractivity contribution in [3.63, 3.8) is 0 Å². The zero-order valence-corrected chi connectivity index (χ0v) is 42.1. The molecule has 1 aromatic heterocycles. The average Bonchev–Trinajstić information content (AvgIpc) is 3.29. The molecule has 0 aliphatic rings. The second-order valence-electron chi connectivity index (χ2n) is 15.8. The summed E-state index contributed by atoms with van der Waals surface area (Å²) in [6.07, 6.45) is 2.29. The Morgan fingerprint density at radius 3 is 1.92 bits per heavy atom. The summed E-state index contributed by atoms with van der Waals surface area (Å²) in [5.41, 5.74) is 0.160. The highest BCUT2D eigenvalue weighted by molar-refractivity contribution is 8.76. The van der Waals surface area contributed by atoms with E-state index in [0.29, 0.717) is 17.2 Å². The fraction of sp³-hybridized carbons (Fsp3) is 0.571. The number of para-hydroxylation sites is 1. The Hall–Kier alpha value is -5.17. The Kier molecular flexibility index (Phi) is 23.7. The van der Waals surface area contributed by atoms with Gasteiger partial charge in [0.1, 0.15) is 42.2 Å². The number of aromatic hydroxyl groups is 1. The molecule has 366 valence electrons. The lowest BCUT2D eigenvalue weighted by Crippen LogP contribution is -2.58. The van der Waals surface area contributed by atoms with E-state index < -0.39 is 78.2 Å². The molecule has 21 nitrogen and oxygen atoms in total. The molecule has 0 fully saturated rings. The predicted molar refractivity (Wildman–Crippen MR) is 258 cm³/mol. The Labute approximate surface area is 398 Å². The van der Waals surface area contributed by atoms with Gasteiger partial charge in [0.2, 0.25) is 41.4 Å². The van der Waals surface area contributed by atoms with E-state index >= 15 is 0 Å². The summed E-state index contributed by atoms with van der Waals surface area (Å²) in [6, 6.07) is 2.55. The van der Waals surface area contributed by atoms with Crippen molar-refractivity contribution in [3.05, 3.63) is 36.0 Å². The van der Waals surface area contributed by atoms with Gasteiger partial charge in [-0.2, -0.15) is 11.8 Å². The molecule has 0 radical (unpaired) electrons. The number of carbonyl (C=O) groups excluding carboxylic acids is 9. The van der Waals surface area contributed by atoms with Gasteiger partial charge in [0, 0.05) is 71.5 Å². The Morgan fingerprint density at radius 1 is 0.758 bits per heavy atom. The number of nitrogens with zero attached hydrogens (tertiary/aromatic N) is 7. The van der Waals surface area contributed by atoms with Crippen molar-refractivity contribution in [2.24, 2.45) is 0 Å². The molecule has 0 aliphatic carbocycles. The van der Waals surface area contributed by atoms with E-state index in [9.17, 15) is 48.3 Å². The first-order valence-electron chi connectivity index (χ1n) is 20.7. The molecule has 0 spiro atoms. The molecule has 0 bridgehead atoms. The zero-order chi connectivity index (χ0) is 50.0. The van der Waals surface area contributed by atoms with Crippen LogP contribution < -0.4 is 21.3 Å². The van der Waals surface area contributed by atoms with Crippen LogP contribution >= 0.6 is 33.3 Å². The van der Waals surface area contributed by atoms with E-state index in [1.165, 1.54) is 94.1 Å². The van der Waals surface area contributed by atoms with Gasteiger partial charge in [-0.1, -0.05) is 39.8 Å². The predicted octanol–water partition coefficient (Wildman–Crippen LogP) is -1.20. The molecule has 2 aromatic rings. The molecule has 6 atom stereocenters. The van der Waals surface area contributed by atoms with Gasteiger partial charge in [-0.15, -0.1) is 0 Å². The molecule has 5 N–H and O–H groups in total. The minimum atomic E-state index is -1.20. The number of amides is 8. The number of aromatic nitrogens is 1. The van der Waals surface area contributed by atoms with Crippen LogP contribution in [0.4, 0.5) is 0 Å². The topological polar surface area (TPSA) is 254 Å². The van der Waals surface area contributed by atoms with Crippen molar-refractivity contribution >= 4 is 97.8 Å². The number of thioether (sulfide) groups is 1. The normalized spacial score (nSPS) is 13.8. The second-order valence-corrected chi connectivity index (χ2v) is 19.2. The molecule has 1 aromatic carbocycles. The number of rotatable bonds is 26. The summed E-state index contributed by atoms with van der Waals surface area (Å²) < 4.78 is 0. The maximum Gasteiger partial charge on any atom is 0.274 e. The first-order valence-corrected chi connectivity index (χ1v) is 24.6. The van der Waals surface area contributed by atoms with Crippen LogP contribution in [0, 0.1) is 0 Å². The van der Waals surface area contributed by atoms with Crippen LogP contribution in [0.1, 0.15) is 24.3 Å². The van der Waals surface area contributed by atoms with Crippen molar-refractivity contribution in [2.45, 2.75) is 50.1 Å². The standard InChI is InChI=1S/C42H65N11O10S3/c1-25(46-38(59)35-33(55)19-27-15-13-14-16-28(27)47-35)36(57)45-20-34(56)52(10)32(24-66-65-23-30(48(4)5)41(62)51(9)26(2)39(60)49(6)7)42(63)53(11)31(22-64-12)40(61)50(8)21-29(43-3)37(58)44-17-18-54/h13-16,18-19,25-26,29-32,43,55H,17,20-24H2,1-12H3,(H,44,58)(H,45,57)(H,46,59)/t25-,26+,29+,30+,31+,32+/m1/s1. The summed E-state index contributed by atoms with van der Waals surface area (Å²) in [6.45, 7) is 2.14. The minimum absolute atomic E-state index is 0.0207. The van der Waals surface area contributed by atoms with Crippen LogP contribution in [0.5, 0.6) is 5.75 Å². The summed E-state index contributed by atoms with van der Waals surface area (Å²) in [4.78, 5) is 131. The molecular formula is C42H65N11O10S3. The highest BCUT2D eigenvalue weighted by atomic mass is 33.1. The van der Waals surface area contributed by atoms with Crippen LogP contribution in [0.25, 0.3) is 10.9 Å². The SMILES string of the molecule is CN[C@@H](CN(C)C(=O)[C@H](CSC)N(C)C(=O)[C@H](CSSC[C@@H](C(=O)N(C)[C@@H](C)C(=O)N(C)C)N(C)C)N(C)C(=O)CNC(=O)[C@@H](C)NC(=O)c1nc2ccccc2cc1O)C(=O)NCC=O. The van der Waals surface area contributed by atoms with Crippen molar-refractivity contribution in [1.29, 1.82) is 0 Å². The van der Waals surface area contributed by atoms with Gasteiger partial charge in [0.25, 0.3) is 5.91 Å². The lowest BCUT2D eigenvalue weighted by atomic mass is 10.1. The van der Waals surface area contributed by atoms with Gasteiger partial charge < -0.3 is 55.7 Å². The summed E-state index contributed by atoms with van der Waals surface area (Å²) in [5, 5.41) is 21.3. The van der Waals surface area contributed by atoms with Crippen molar-refractivity contribution < 1.29 is 48.3 Å². The lowest BCUT2D eigenvalue weighted by molar-refractivity contribution is -0.148. The highest BCUT2D eigenvalue weighted by Gasteiger charge is 2.37. The van der Waals surface area contributed by atoms with E-state index in [2.05, 4.69) is 26.3 Å². The van der Waals surface area contributed by atoms with E-state index in [1.54, 1.807) is 77.6 Å². The van der Waals surface area contributed by atoms with E-state index in [1.807, 2.05) is 0 Å². The van der Waals surface area contributed by atoms with Crippen molar-refractivity contribution in [1.82, 2.24) is 55.7 Å². The molecule has 66 heavy (non-hydrogen) atoms. The van der Waals surface area contributed by atoms with E-state index in [4.69, 9.17) is 0 Å². The van der Waals surface area contributed by atoms with Gasteiger partial charge >= 0.3 is 0 Å². The quantitative estimate of drug-likeness (QED) is 0.0422. The third kappa shape index (κ3) is 16.0. The molecule has 0 unspecified atom stereocenters. The first kappa shape index (κ1) is 57.0. The largest absolute Gasteiger partial charge is 0.505 e. The van der Waals surface area contributed by atoms with Crippen LogP contribution in [0.2, 0.25) is 0 Å². The van der Waals surface area contributed by atoms with Crippen molar-refractivity contribution in [3.8, 4) is 5.75 Å². The molecule has 1 heterocycles. The zero-order valence-electron chi connectivity index (χ0n) is 39.6. The molecule has 24 heteroatoms. The number of pyridine rings is 1.